The van der Waals surface area contributed by atoms with Crippen molar-refractivity contribution in [3.05, 3.63) is 40.8 Å². The van der Waals surface area contributed by atoms with Gasteiger partial charge in [-0.1, -0.05) is 32.0 Å². The standard InChI is InChI=1S/C11H11N2.C2H6.K/c1-2-4-10-8(3-1)9-5-6-12-7-11(9)13-10;1-2;/h1-4,13H,5-7H2;1-2H3;/q-1;;+1. The third kappa shape index (κ3) is 2.78. The summed E-state index contributed by atoms with van der Waals surface area (Å²) < 4.78 is 0. The van der Waals surface area contributed by atoms with Crippen LogP contribution in [0.5, 0.6) is 0 Å². The Hall–Kier alpha value is 0.356. The maximum atomic E-state index is 4.38. The van der Waals surface area contributed by atoms with Gasteiger partial charge in [0, 0.05) is 10.9 Å². The summed E-state index contributed by atoms with van der Waals surface area (Å²) in [6.45, 7) is 5.85. The zero-order valence-electron chi connectivity index (χ0n) is 10.4. The van der Waals surface area contributed by atoms with Crippen molar-refractivity contribution < 1.29 is 51.4 Å². The van der Waals surface area contributed by atoms with Gasteiger partial charge in [-0.15, -0.1) is 13.1 Å². The Morgan fingerprint density at radius 2 is 1.94 bits per heavy atom. The Morgan fingerprint density at radius 1 is 1.19 bits per heavy atom. The van der Waals surface area contributed by atoms with Crippen LogP contribution in [-0.4, -0.2) is 11.5 Å². The van der Waals surface area contributed by atoms with E-state index in [4.69, 9.17) is 0 Å². The number of aromatic nitrogens is 1. The van der Waals surface area contributed by atoms with Crippen molar-refractivity contribution in [1.29, 1.82) is 0 Å². The molecule has 1 aliphatic heterocycles. The van der Waals surface area contributed by atoms with E-state index in [0.29, 0.717) is 0 Å². The molecule has 2 aromatic rings. The van der Waals surface area contributed by atoms with Crippen LogP contribution >= 0.6 is 0 Å². The Kier molecular flexibility index (Phi) is 6.25. The van der Waals surface area contributed by atoms with Crippen molar-refractivity contribution in [3.63, 3.8) is 0 Å². The van der Waals surface area contributed by atoms with Gasteiger partial charge in [-0.05, 0) is 23.7 Å². The molecular weight excluding hydrogens is 223 g/mol. The van der Waals surface area contributed by atoms with Crippen LogP contribution in [0.1, 0.15) is 25.1 Å². The molecule has 0 radical (unpaired) electrons. The molecule has 0 unspecified atom stereocenters. The van der Waals surface area contributed by atoms with Crippen LogP contribution in [0.25, 0.3) is 16.2 Å². The van der Waals surface area contributed by atoms with Gasteiger partial charge in [0.15, 0.2) is 0 Å². The maximum absolute atomic E-state index is 4.38. The average Bonchev–Trinajstić information content (AvgIpc) is 2.70. The minimum Gasteiger partial charge on any atom is -0.657 e. The van der Waals surface area contributed by atoms with Crippen LogP contribution in [-0.2, 0) is 13.0 Å². The van der Waals surface area contributed by atoms with Crippen LogP contribution in [0.3, 0.4) is 0 Å². The summed E-state index contributed by atoms with van der Waals surface area (Å²) in [5.41, 5.74) is 4.04. The fourth-order valence-electron chi connectivity index (χ4n) is 2.06. The number of nitrogens with zero attached hydrogens (tertiary/aromatic N) is 1. The molecule has 0 saturated heterocycles. The number of hydrogen-bond donors (Lipinski definition) is 1. The van der Waals surface area contributed by atoms with Gasteiger partial charge in [0.25, 0.3) is 0 Å². The zero-order chi connectivity index (χ0) is 10.7. The normalized spacial score (nSPS) is 13.4. The molecular formula is C13H17KN2. The summed E-state index contributed by atoms with van der Waals surface area (Å²) in [6.07, 6.45) is 1.10. The number of para-hydroxylation sites is 1. The van der Waals surface area contributed by atoms with Crippen molar-refractivity contribution in [2.75, 3.05) is 6.54 Å². The van der Waals surface area contributed by atoms with E-state index >= 15 is 0 Å². The minimum atomic E-state index is 0. The number of H-pyrrole nitrogens is 1. The molecule has 0 spiro atoms. The summed E-state index contributed by atoms with van der Waals surface area (Å²) in [5.74, 6) is 0. The number of benzene rings is 1. The summed E-state index contributed by atoms with van der Waals surface area (Å²) in [4.78, 5) is 3.42. The van der Waals surface area contributed by atoms with E-state index in [1.165, 1.54) is 22.2 Å². The first kappa shape index (κ1) is 14.4. The molecule has 1 aromatic heterocycles. The molecule has 80 valence electrons. The fourth-order valence-corrected chi connectivity index (χ4v) is 2.06. The first-order valence-electron chi connectivity index (χ1n) is 5.67. The van der Waals surface area contributed by atoms with Crippen LogP contribution < -0.4 is 51.4 Å². The zero-order valence-corrected chi connectivity index (χ0v) is 13.5. The monoisotopic (exact) mass is 240 g/mol. The van der Waals surface area contributed by atoms with Crippen molar-refractivity contribution in [2.24, 2.45) is 0 Å². The van der Waals surface area contributed by atoms with Crippen LogP contribution in [0.15, 0.2) is 24.3 Å². The van der Waals surface area contributed by atoms with Gasteiger partial charge >= 0.3 is 51.4 Å². The Bertz CT molecular complexity index is 448. The second kappa shape index (κ2) is 6.94. The molecule has 0 amide bonds. The molecule has 1 aliphatic rings. The topological polar surface area (TPSA) is 29.9 Å². The smallest absolute Gasteiger partial charge is 0.657 e. The number of aromatic amines is 1. The second-order valence-electron chi connectivity index (χ2n) is 3.48. The predicted molar refractivity (Wildman–Crippen MR) is 65.3 cm³/mol. The van der Waals surface area contributed by atoms with Gasteiger partial charge in [-0.2, -0.15) is 0 Å². The minimum absolute atomic E-state index is 0. The molecule has 3 rings (SSSR count). The first-order valence-corrected chi connectivity index (χ1v) is 5.67. The van der Waals surface area contributed by atoms with Gasteiger partial charge in [-0.25, -0.2) is 0 Å². The fraction of sp³-hybridized carbons (Fsp3) is 0.385. The largest absolute Gasteiger partial charge is 1.00 e. The average molecular weight is 240 g/mol. The summed E-state index contributed by atoms with van der Waals surface area (Å²) >= 11 is 0. The molecule has 0 saturated carbocycles. The molecule has 3 heteroatoms. The van der Waals surface area contributed by atoms with Crippen molar-refractivity contribution in [3.8, 4) is 0 Å². The van der Waals surface area contributed by atoms with Gasteiger partial charge in [-0.3, -0.25) is 0 Å². The molecule has 1 N–H and O–H groups in total. The van der Waals surface area contributed by atoms with E-state index in [2.05, 4.69) is 34.6 Å². The third-order valence-corrected chi connectivity index (χ3v) is 2.69. The van der Waals surface area contributed by atoms with E-state index in [1.807, 2.05) is 13.8 Å². The molecule has 16 heavy (non-hydrogen) atoms. The number of nitrogens with one attached hydrogen (secondary N) is 1. The van der Waals surface area contributed by atoms with Gasteiger partial charge in [0.1, 0.15) is 0 Å². The van der Waals surface area contributed by atoms with Gasteiger partial charge in [0.05, 0.1) is 0 Å². The number of fused-ring (bicyclic) bond motifs is 3. The van der Waals surface area contributed by atoms with E-state index in [9.17, 15) is 0 Å². The quantitative estimate of drug-likeness (QED) is 0.655. The Morgan fingerprint density at radius 3 is 2.75 bits per heavy atom. The van der Waals surface area contributed by atoms with Crippen LogP contribution in [0.4, 0.5) is 0 Å². The van der Waals surface area contributed by atoms with E-state index < -0.39 is 0 Å². The van der Waals surface area contributed by atoms with Crippen LogP contribution in [0.2, 0.25) is 0 Å². The van der Waals surface area contributed by atoms with E-state index in [1.54, 1.807) is 0 Å². The van der Waals surface area contributed by atoms with E-state index in [-0.39, 0.29) is 51.4 Å². The number of rotatable bonds is 0. The molecule has 2 heterocycles. The second-order valence-corrected chi connectivity index (χ2v) is 3.48. The van der Waals surface area contributed by atoms with E-state index in [0.717, 1.165) is 19.5 Å². The first-order chi connectivity index (χ1) is 7.45. The molecule has 0 fully saturated rings. The Labute approximate surface area is 140 Å². The predicted octanol–water partition coefficient (Wildman–Crippen LogP) is 0.628. The molecule has 0 aliphatic carbocycles. The van der Waals surface area contributed by atoms with Crippen molar-refractivity contribution in [1.82, 2.24) is 4.98 Å². The number of hydrogen-bond acceptors (Lipinski definition) is 0. The van der Waals surface area contributed by atoms with Gasteiger partial charge in [0.2, 0.25) is 0 Å². The summed E-state index contributed by atoms with van der Waals surface area (Å²) in [6, 6.07) is 8.49. The Balaban J connectivity index is 0.000000406. The van der Waals surface area contributed by atoms with Crippen LogP contribution in [0, 0.1) is 0 Å². The summed E-state index contributed by atoms with van der Waals surface area (Å²) in [5, 5.41) is 5.76. The van der Waals surface area contributed by atoms with Crippen molar-refractivity contribution >= 4 is 10.9 Å². The SMILES string of the molecule is CC.[K+].c1ccc2c3c([nH]c2c1)C[N-]CC3. The van der Waals surface area contributed by atoms with Crippen molar-refractivity contribution in [2.45, 2.75) is 26.8 Å². The van der Waals surface area contributed by atoms with Gasteiger partial charge < -0.3 is 10.3 Å². The molecule has 0 bridgehead atoms. The molecule has 1 aromatic carbocycles. The molecule has 2 nitrogen and oxygen atoms in total. The molecule has 0 atom stereocenters. The third-order valence-electron chi connectivity index (χ3n) is 2.69. The summed E-state index contributed by atoms with van der Waals surface area (Å²) in [7, 11) is 0. The maximum Gasteiger partial charge on any atom is 1.00 e.